The van der Waals surface area contributed by atoms with Gasteiger partial charge in [-0.2, -0.15) is 0 Å². The normalized spacial score (nSPS) is 24.6. The SMILES string of the molecule is CCNC(c1c(F)cccc1F)C1CCC(CC)CC1. The first-order valence-corrected chi connectivity index (χ1v) is 7.84. The highest BCUT2D eigenvalue weighted by Gasteiger charge is 2.30. The summed E-state index contributed by atoms with van der Waals surface area (Å²) in [5.41, 5.74) is 0.231. The van der Waals surface area contributed by atoms with Crippen molar-refractivity contribution in [2.45, 2.75) is 52.0 Å². The van der Waals surface area contributed by atoms with Gasteiger partial charge in [0.05, 0.1) is 0 Å². The average molecular weight is 281 g/mol. The fourth-order valence-corrected chi connectivity index (χ4v) is 3.46. The highest BCUT2D eigenvalue weighted by molar-refractivity contribution is 5.24. The molecule has 1 aromatic carbocycles. The summed E-state index contributed by atoms with van der Waals surface area (Å²) >= 11 is 0. The van der Waals surface area contributed by atoms with Crippen LogP contribution in [-0.2, 0) is 0 Å². The Kier molecular flexibility index (Phi) is 5.53. The molecule has 3 heteroatoms. The lowest BCUT2D eigenvalue weighted by Crippen LogP contribution is -2.32. The Bertz CT molecular complexity index is 405. The number of hydrogen-bond acceptors (Lipinski definition) is 1. The van der Waals surface area contributed by atoms with Gasteiger partial charge in [-0.25, -0.2) is 8.78 Å². The molecule has 1 aliphatic rings. The summed E-state index contributed by atoms with van der Waals surface area (Å²) in [4.78, 5) is 0. The molecule has 1 N–H and O–H groups in total. The van der Waals surface area contributed by atoms with Gasteiger partial charge in [0.25, 0.3) is 0 Å². The molecule has 1 fully saturated rings. The topological polar surface area (TPSA) is 12.0 Å². The van der Waals surface area contributed by atoms with Crippen LogP contribution < -0.4 is 5.32 Å². The van der Waals surface area contributed by atoms with E-state index in [-0.39, 0.29) is 11.6 Å². The Morgan fingerprint density at radius 2 is 1.70 bits per heavy atom. The third-order valence-corrected chi connectivity index (χ3v) is 4.67. The Hall–Kier alpha value is -0.960. The third-order valence-electron chi connectivity index (χ3n) is 4.67. The molecule has 0 heterocycles. The van der Waals surface area contributed by atoms with E-state index in [0.29, 0.717) is 5.92 Å². The number of hydrogen-bond donors (Lipinski definition) is 1. The lowest BCUT2D eigenvalue weighted by Gasteiger charge is -2.34. The first-order chi connectivity index (χ1) is 9.67. The largest absolute Gasteiger partial charge is 0.310 e. The summed E-state index contributed by atoms with van der Waals surface area (Å²) in [5, 5.41) is 3.30. The van der Waals surface area contributed by atoms with Gasteiger partial charge in [0.15, 0.2) is 0 Å². The maximum atomic E-state index is 14.0. The standard InChI is InChI=1S/C17H25F2N/c1-3-12-8-10-13(11-9-12)17(20-4-2)16-14(18)6-5-7-15(16)19/h5-7,12-13,17,20H,3-4,8-11H2,1-2H3. The van der Waals surface area contributed by atoms with Crippen LogP contribution in [0.15, 0.2) is 18.2 Å². The van der Waals surface area contributed by atoms with Crippen molar-refractivity contribution < 1.29 is 8.78 Å². The smallest absolute Gasteiger partial charge is 0.130 e. The Labute approximate surface area is 120 Å². The fourth-order valence-electron chi connectivity index (χ4n) is 3.46. The lowest BCUT2D eigenvalue weighted by atomic mass is 9.76. The minimum atomic E-state index is -0.423. The van der Waals surface area contributed by atoms with Gasteiger partial charge >= 0.3 is 0 Å². The minimum absolute atomic E-state index is 0.195. The molecular weight excluding hydrogens is 256 g/mol. The number of benzene rings is 1. The lowest BCUT2D eigenvalue weighted by molar-refractivity contribution is 0.214. The second kappa shape index (κ2) is 7.16. The van der Waals surface area contributed by atoms with Crippen molar-refractivity contribution in [3.05, 3.63) is 35.4 Å². The van der Waals surface area contributed by atoms with E-state index in [1.54, 1.807) is 0 Å². The molecular formula is C17H25F2N. The van der Waals surface area contributed by atoms with E-state index in [4.69, 9.17) is 0 Å². The van der Waals surface area contributed by atoms with Crippen LogP contribution in [0.1, 0.15) is 57.6 Å². The summed E-state index contributed by atoms with van der Waals surface area (Å²) in [6, 6.07) is 3.96. The van der Waals surface area contributed by atoms with Crippen LogP contribution in [0.2, 0.25) is 0 Å². The predicted molar refractivity (Wildman–Crippen MR) is 78.5 cm³/mol. The minimum Gasteiger partial charge on any atom is -0.310 e. The summed E-state index contributed by atoms with van der Waals surface area (Å²) in [6.45, 7) is 4.94. The molecule has 20 heavy (non-hydrogen) atoms. The summed E-state index contributed by atoms with van der Waals surface area (Å²) in [7, 11) is 0. The van der Waals surface area contributed by atoms with Gasteiger partial charge < -0.3 is 5.32 Å². The van der Waals surface area contributed by atoms with E-state index in [2.05, 4.69) is 12.2 Å². The quantitative estimate of drug-likeness (QED) is 0.815. The summed E-state index contributed by atoms with van der Waals surface area (Å²) in [6.07, 6.45) is 5.69. The van der Waals surface area contributed by atoms with E-state index < -0.39 is 11.6 Å². The maximum absolute atomic E-state index is 14.0. The molecule has 1 saturated carbocycles. The van der Waals surface area contributed by atoms with Crippen LogP contribution in [0.3, 0.4) is 0 Å². The van der Waals surface area contributed by atoms with E-state index >= 15 is 0 Å². The van der Waals surface area contributed by atoms with Crippen molar-refractivity contribution >= 4 is 0 Å². The van der Waals surface area contributed by atoms with Gasteiger partial charge in [0, 0.05) is 11.6 Å². The molecule has 0 saturated heterocycles. The third kappa shape index (κ3) is 3.38. The van der Waals surface area contributed by atoms with E-state index in [0.717, 1.165) is 25.3 Å². The molecule has 1 unspecified atom stereocenters. The van der Waals surface area contributed by atoms with Gasteiger partial charge in [-0.15, -0.1) is 0 Å². The monoisotopic (exact) mass is 281 g/mol. The van der Waals surface area contributed by atoms with Crippen LogP contribution >= 0.6 is 0 Å². The van der Waals surface area contributed by atoms with Crippen molar-refractivity contribution in [1.82, 2.24) is 5.32 Å². The Balaban J connectivity index is 2.19. The van der Waals surface area contributed by atoms with E-state index in [1.165, 1.54) is 37.5 Å². The molecule has 0 amide bonds. The Morgan fingerprint density at radius 1 is 1.10 bits per heavy atom. The van der Waals surface area contributed by atoms with Crippen LogP contribution in [0, 0.1) is 23.5 Å². The molecule has 0 aromatic heterocycles. The molecule has 1 aliphatic carbocycles. The average Bonchev–Trinajstić information content (AvgIpc) is 2.46. The number of rotatable bonds is 5. The Morgan fingerprint density at radius 3 is 2.20 bits per heavy atom. The highest BCUT2D eigenvalue weighted by atomic mass is 19.1. The predicted octanol–water partition coefficient (Wildman–Crippen LogP) is 4.83. The van der Waals surface area contributed by atoms with Gasteiger partial charge in [-0.05, 0) is 43.4 Å². The van der Waals surface area contributed by atoms with Gasteiger partial charge in [0.2, 0.25) is 0 Å². The number of halogens is 2. The first-order valence-electron chi connectivity index (χ1n) is 7.84. The highest BCUT2D eigenvalue weighted by Crippen LogP contribution is 2.39. The molecule has 1 atom stereocenters. The van der Waals surface area contributed by atoms with E-state index in [9.17, 15) is 8.78 Å². The molecule has 1 nitrogen and oxygen atoms in total. The second-order valence-corrected chi connectivity index (χ2v) is 5.86. The van der Waals surface area contributed by atoms with Crippen LogP contribution in [0.5, 0.6) is 0 Å². The van der Waals surface area contributed by atoms with Crippen molar-refractivity contribution in [1.29, 1.82) is 0 Å². The summed E-state index contributed by atoms with van der Waals surface area (Å²) in [5.74, 6) is 0.283. The molecule has 2 rings (SSSR count). The van der Waals surface area contributed by atoms with Gasteiger partial charge in [0.1, 0.15) is 11.6 Å². The van der Waals surface area contributed by atoms with Crippen LogP contribution in [-0.4, -0.2) is 6.54 Å². The van der Waals surface area contributed by atoms with Crippen molar-refractivity contribution in [3.63, 3.8) is 0 Å². The molecule has 112 valence electrons. The molecule has 0 spiro atoms. The maximum Gasteiger partial charge on any atom is 0.130 e. The zero-order valence-electron chi connectivity index (χ0n) is 12.5. The molecule has 0 aliphatic heterocycles. The van der Waals surface area contributed by atoms with Crippen LogP contribution in [0.4, 0.5) is 8.78 Å². The molecule has 0 radical (unpaired) electrons. The summed E-state index contributed by atoms with van der Waals surface area (Å²) < 4.78 is 28.1. The first kappa shape index (κ1) is 15.4. The zero-order chi connectivity index (χ0) is 14.5. The van der Waals surface area contributed by atoms with Crippen LogP contribution in [0.25, 0.3) is 0 Å². The zero-order valence-corrected chi connectivity index (χ0v) is 12.5. The second-order valence-electron chi connectivity index (χ2n) is 5.86. The van der Waals surface area contributed by atoms with E-state index in [1.807, 2.05) is 6.92 Å². The molecule has 0 bridgehead atoms. The fraction of sp³-hybridized carbons (Fsp3) is 0.647. The van der Waals surface area contributed by atoms with Gasteiger partial charge in [-0.3, -0.25) is 0 Å². The molecule has 1 aromatic rings. The van der Waals surface area contributed by atoms with Crippen molar-refractivity contribution in [2.24, 2.45) is 11.8 Å². The van der Waals surface area contributed by atoms with Crippen molar-refractivity contribution in [3.8, 4) is 0 Å². The van der Waals surface area contributed by atoms with Gasteiger partial charge in [-0.1, -0.05) is 39.2 Å². The van der Waals surface area contributed by atoms with Crippen molar-refractivity contribution in [2.75, 3.05) is 6.54 Å². The number of nitrogens with one attached hydrogen (secondary N) is 1.